The number of aliphatic hydroxyl groups is 1. The molecule has 1 aliphatic heterocycles. The maximum atomic E-state index is 13.2. The lowest BCUT2D eigenvalue weighted by atomic mass is 9.79. The van der Waals surface area contributed by atoms with Crippen LogP contribution in [0.5, 0.6) is 0 Å². The summed E-state index contributed by atoms with van der Waals surface area (Å²) < 4.78 is 7.57. The SMILES string of the molecule is CO[C@@]12CC[C@H](O)C[C@@H]1N(C(=O)c1cc(C)n3nc(C)cc3n1)CC2. The zero-order valence-electron chi connectivity index (χ0n) is 14.9. The molecule has 2 aromatic heterocycles. The quantitative estimate of drug-likeness (QED) is 0.893. The predicted molar refractivity (Wildman–Crippen MR) is 91.5 cm³/mol. The number of ether oxygens (including phenoxy) is 1. The Kier molecular flexibility index (Phi) is 3.81. The standard InChI is InChI=1S/C18H24N4O3/c1-11-8-16-19-14(9-12(2)22(16)20-11)17(24)21-7-6-18(25-3)5-4-13(23)10-15(18)21/h8-9,13,15,23H,4-7,10H2,1-3H3/t13-,15-,18+/m0/s1. The molecule has 134 valence electrons. The highest BCUT2D eigenvalue weighted by atomic mass is 16.5. The van der Waals surface area contributed by atoms with Gasteiger partial charge in [0.05, 0.1) is 23.4 Å². The molecular weight excluding hydrogens is 320 g/mol. The van der Waals surface area contributed by atoms with Crippen LogP contribution in [-0.2, 0) is 4.74 Å². The van der Waals surface area contributed by atoms with Crippen molar-refractivity contribution in [2.24, 2.45) is 0 Å². The first-order valence-electron chi connectivity index (χ1n) is 8.82. The van der Waals surface area contributed by atoms with Gasteiger partial charge in [-0.2, -0.15) is 5.10 Å². The van der Waals surface area contributed by atoms with E-state index in [4.69, 9.17) is 4.74 Å². The maximum absolute atomic E-state index is 13.2. The molecule has 4 rings (SSSR count). The Labute approximate surface area is 146 Å². The van der Waals surface area contributed by atoms with Crippen molar-refractivity contribution >= 4 is 11.6 Å². The molecular formula is C18H24N4O3. The van der Waals surface area contributed by atoms with Gasteiger partial charge in [0.25, 0.3) is 5.91 Å². The van der Waals surface area contributed by atoms with Crippen LogP contribution in [0.4, 0.5) is 0 Å². The number of aliphatic hydroxyl groups excluding tert-OH is 1. The lowest BCUT2D eigenvalue weighted by molar-refractivity contribution is -0.0824. The van der Waals surface area contributed by atoms with E-state index in [0.29, 0.717) is 24.3 Å². The molecule has 1 amide bonds. The Bertz CT molecular complexity index is 833. The van der Waals surface area contributed by atoms with Gasteiger partial charge >= 0.3 is 0 Å². The molecule has 2 fully saturated rings. The highest BCUT2D eigenvalue weighted by Crippen LogP contribution is 2.42. The van der Waals surface area contributed by atoms with E-state index in [1.807, 2.05) is 24.8 Å². The summed E-state index contributed by atoms with van der Waals surface area (Å²) in [5.74, 6) is -0.0949. The summed E-state index contributed by atoms with van der Waals surface area (Å²) in [5, 5.41) is 14.5. The lowest BCUT2D eigenvalue weighted by Gasteiger charge is -2.42. The van der Waals surface area contributed by atoms with Crippen LogP contribution in [0.15, 0.2) is 12.1 Å². The van der Waals surface area contributed by atoms with Gasteiger partial charge in [-0.15, -0.1) is 0 Å². The van der Waals surface area contributed by atoms with Gasteiger partial charge in [-0.1, -0.05) is 0 Å². The molecule has 2 aromatic rings. The number of carbonyl (C=O) groups excluding carboxylic acids is 1. The third-order valence-electron chi connectivity index (χ3n) is 5.77. The molecule has 7 nitrogen and oxygen atoms in total. The summed E-state index contributed by atoms with van der Waals surface area (Å²) in [6.45, 7) is 4.46. The van der Waals surface area contributed by atoms with Crippen molar-refractivity contribution in [3.63, 3.8) is 0 Å². The zero-order chi connectivity index (χ0) is 17.8. The van der Waals surface area contributed by atoms with Crippen molar-refractivity contribution in [2.45, 2.75) is 57.3 Å². The number of likely N-dealkylation sites (tertiary alicyclic amines) is 1. The van der Waals surface area contributed by atoms with Crippen molar-refractivity contribution in [2.75, 3.05) is 13.7 Å². The first kappa shape index (κ1) is 16.5. The van der Waals surface area contributed by atoms with E-state index in [-0.39, 0.29) is 23.7 Å². The van der Waals surface area contributed by atoms with Crippen LogP contribution in [0, 0.1) is 13.8 Å². The van der Waals surface area contributed by atoms with Gasteiger partial charge in [-0.25, -0.2) is 9.50 Å². The number of aryl methyl sites for hydroxylation is 2. The molecule has 2 aliphatic rings. The number of methoxy groups -OCH3 is 1. The average molecular weight is 344 g/mol. The number of nitrogens with zero attached hydrogens (tertiary/aromatic N) is 4. The largest absolute Gasteiger partial charge is 0.393 e. The third kappa shape index (κ3) is 2.53. The van der Waals surface area contributed by atoms with Crippen molar-refractivity contribution in [1.29, 1.82) is 0 Å². The van der Waals surface area contributed by atoms with Crippen LogP contribution in [0.1, 0.15) is 47.6 Å². The highest BCUT2D eigenvalue weighted by molar-refractivity contribution is 5.93. The van der Waals surface area contributed by atoms with E-state index in [2.05, 4.69) is 10.1 Å². The normalized spacial score (nSPS) is 29.2. The van der Waals surface area contributed by atoms with Gasteiger partial charge in [-0.3, -0.25) is 4.79 Å². The zero-order valence-corrected chi connectivity index (χ0v) is 14.9. The van der Waals surface area contributed by atoms with Gasteiger partial charge in [-0.05, 0) is 45.6 Å². The third-order valence-corrected chi connectivity index (χ3v) is 5.77. The van der Waals surface area contributed by atoms with E-state index in [1.54, 1.807) is 17.7 Å². The van der Waals surface area contributed by atoms with E-state index < -0.39 is 0 Å². The number of rotatable bonds is 2. The highest BCUT2D eigenvalue weighted by Gasteiger charge is 2.52. The number of hydrogen-bond donors (Lipinski definition) is 1. The summed E-state index contributed by atoms with van der Waals surface area (Å²) in [5.41, 5.74) is 2.53. The molecule has 0 radical (unpaired) electrons. The van der Waals surface area contributed by atoms with E-state index in [0.717, 1.165) is 30.7 Å². The second kappa shape index (κ2) is 5.78. The summed E-state index contributed by atoms with van der Waals surface area (Å²) in [6.07, 6.45) is 2.50. The van der Waals surface area contributed by atoms with Crippen molar-refractivity contribution in [1.82, 2.24) is 19.5 Å². The minimum absolute atomic E-state index is 0.0949. The topological polar surface area (TPSA) is 80.0 Å². The second-order valence-corrected chi connectivity index (χ2v) is 7.30. The number of amides is 1. The fourth-order valence-corrected chi connectivity index (χ4v) is 4.42. The molecule has 0 unspecified atom stereocenters. The van der Waals surface area contributed by atoms with Gasteiger partial charge in [0.1, 0.15) is 5.69 Å². The molecule has 1 saturated carbocycles. The lowest BCUT2D eigenvalue weighted by Crippen LogP contribution is -2.52. The predicted octanol–water partition coefficient (Wildman–Crippen LogP) is 1.49. The second-order valence-electron chi connectivity index (χ2n) is 7.30. The van der Waals surface area contributed by atoms with Crippen molar-refractivity contribution < 1.29 is 14.6 Å². The first-order chi connectivity index (χ1) is 11.9. The molecule has 0 spiro atoms. The fourth-order valence-electron chi connectivity index (χ4n) is 4.42. The molecule has 1 N–H and O–H groups in total. The van der Waals surface area contributed by atoms with Gasteiger partial charge in [0, 0.05) is 25.4 Å². The number of fused-ring (bicyclic) bond motifs is 2. The number of aromatic nitrogens is 3. The van der Waals surface area contributed by atoms with E-state index in [9.17, 15) is 9.90 Å². The average Bonchev–Trinajstić information content (AvgIpc) is 3.15. The molecule has 1 aliphatic carbocycles. The van der Waals surface area contributed by atoms with Crippen LogP contribution >= 0.6 is 0 Å². The summed E-state index contributed by atoms with van der Waals surface area (Å²) in [7, 11) is 1.71. The Morgan fingerprint density at radius 1 is 1.36 bits per heavy atom. The Hall–Kier alpha value is -1.99. The Morgan fingerprint density at radius 3 is 2.92 bits per heavy atom. The number of carbonyl (C=O) groups is 1. The van der Waals surface area contributed by atoms with Gasteiger partial charge in [0.2, 0.25) is 0 Å². The summed E-state index contributed by atoms with van der Waals surface area (Å²) in [6, 6.07) is 3.56. The van der Waals surface area contributed by atoms with Gasteiger partial charge < -0.3 is 14.7 Å². The Balaban J connectivity index is 1.69. The molecule has 25 heavy (non-hydrogen) atoms. The molecule has 7 heteroatoms. The molecule has 0 aromatic carbocycles. The van der Waals surface area contributed by atoms with Crippen LogP contribution in [0.2, 0.25) is 0 Å². The molecule has 3 heterocycles. The maximum Gasteiger partial charge on any atom is 0.272 e. The minimum Gasteiger partial charge on any atom is -0.393 e. The molecule has 0 bridgehead atoms. The van der Waals surface area contributed by atoms with Crippen LogP contribution < -0.4 is 0 Å². The first-order valence-corrected chi connectivity index (χ1v) is 8.82. The van der Waals surface area contributed by atoms with Crippen LogP contribution in [0.25, 0.3) is 5.65 Å². The smallest absolute Gasteiger partial charge is 0.272 e. The minimum atomic E-state index is -0.378. The van der Waals surface area contributed by atoms with Gasteiger partial charge in [0.15, 0.2) is 5.65 Å². The van der Waals surface area contributed by atoms with E-state index >= 15 is 0 Å². The summed E-state index contributed by atoms with van der Waals surface area (Å²) >= 11 is 0. The summed E-state index contributed by atoms with van der Waals surface area (Å²) in [4.78, 5) is 19.5. The monoisotopic (exact) mass is 344 g/mol. The molecule has 1 saturated heterocycles. The Morgan fingerprint density at radius 2 is 2.16 bits per heavy atom. The molecule has 3 atom stereocenters. The van der Waals surface area contributed by atoms with Crippen LogP contribution in [-0.4, -0.2) is 61.9 Å². The van der Waals surface area contributed by atoms with Crippen molar-refractivity contribution in [3.8, 4) is 0 Å². The fraction of sp³-hybridized carbons (Fsp3) is 0.611. The number of hydrogen-bond acceptors (Lipinski definition) is 5. The van der Waals surface area contributed by atoms with E-state index in [1.165, 1.54) is 0 Å². The van der Waals surface area contributed by atoms with Crippen LogP contribution in [0.3, 0.4) is 0 Å². The van der Waals surface area contributed by atoms with Crippen molar-refractivity contribution in [3.05, 3.63) is 29.2 Å².